The van der Waals surface area contributed by atoms with Crippen LogP contribution >= 0.6 is 15.9 Å². The van der Waals surface area contributed by atoms with E-state index in [0.29, 0.717) is 16.7 Å². The summed E-state index contributed by atoms with van der Waals surface area (Å²) < 4.78 is 7.50. The third-order valence-electron chi connectivity index (χ3n) is 3.43. The van der Waals surface area contributed by atoms with Crippen molar-refractivity contribution in [1.82, 2.24) is 4.57 Å². The Labute approximate surface area is 134 Å². The smallest absolute Gasteiger partial charge is 0.298 e. The number of aromatic hydroxyl groups is 1. The van der Waals surface area contributed by atoms with Gasteiger partial charge in [-0.1, -0.05) is 15.9 Å². The van der Waals surface area contributed by atoms with Crippen LogP contribution in [-0.2, 0) is 7.05 Å². The summed E-state index contributed by atoms with van der Waals surface area (Å²) in [5, 5.41) is 18.5. The SMILES string of the molecule is Cc1occc1C(=O)N=Nc1c(O)n(C)c2ccc(Br)cc12. The number of azo groups is 1. The minimum atomic E-state index is -0.516. The molecule has 0 bridgehead atoms. The first kappa shape index (κ1) is 14.5. The summed E-state index contributed by atoms with van der Waals surface area (Å²) in [6, 6.07) is 7.07. The maximum atomic E-state index is 12.0. The Kier molecular flexibility index (Phi) is 3.58. The van der Waals surface area contributed by atoms with Crippen molar-refractivity contribution < 1.29 is 14.3 Å². The number of rotatable bonds is 2. The van der Waals surface area contributed by atoms with Crippen molar-refractivity contribution >= 4 is 38.4 Å². The monoisotopic (exact) mass is 361 g/mol. The van der Waals surface area contributed by atoms with E-state index >= 15 is 0 Å². The Morgan fingerprint density at radius 2 is 2.14 bits per heavy atom. The van der Waals surface area contributed by atoms with E-state index in [0.717, 1.165) is 9.99 Å². The zero-order chi connectivity index (χ0) is 15.9. The lowest BCUT2D eigenvalue weighted by Gasteiger charge is -1.96. The van der Waals surface area contributed by atoms with Gasteiger partial charge < -0.3 is 14.1 Å². The zero-order valence-electron chi connectivity index (χ0n) is 11.9. The topological polar surface area (TPSA) is 80.1 Å². The number of nitrogens with zero attached hydrogens (tertiary/aromatic N) is 3. The number of halogens is 1. The van der Waals surface area contributed by atoms with Gasteiger partial charge in [-0.25, -0.2) is 0 Å². The molecule has 2 aromatic heterocycles. The molecule has 0 spiro atoms. The van der Waals surface area contributed by atoms with E-state index in [2.05, 4.69) is 26.2 Å². The number of aryl methyl sites for hydroxylation is 2. The molecule has 2 heterocycles. The van der Waals surface area contributed by atoms with Crippen molar-refractivity contribution in [2.45, 2.75) is 6.92 Å². The van der Waals surface area contributed by atoms with Crippen LogP contribution in [0.1, 0.15) is 16.1 Å². The summed E-state index contributed by atoms with van der Waals surface area (Å²) in [5.41, 5.74) is 1.40. The summed E-state index contributed by atoms with van der Waals surface area (Å²) in [4.78, 5) is 12.0. The van der Waals surface area contributed by atoms with Crippen LogP contribution in [0.2, 0.25) is 0 Å². The molecule has 1 aromatic carbocycles. The minimum Gasteiger partial charge on any atom is -0.493 e. The number of fused-ring (bicyclic) bond motifs is 1. The Balaban J connectivity index is 2.06. The molecule has 0 aliphatic carbocycles. The van der Waals surface area contributed by atoms with E-state index in [1.165, 1.54) is 12.3 Å². The highest BCUT2D eigenvalue weighted by Gasteiger charge is 2.16. The number of benzene rings is 1. The number of carbonyl (C=O) groups excluding carboxylic acids is 1. The third kappa shape index (κ3) is 2.33. The summed E-state index contributed by atoms with van der Waals surface area (Å²) in [5.74, 6) is -0.0833. The van der Waals surface area contributed by atoms with Gasteiger partial charge in [-0.15, -0.1) is 10.2 Å². The fraction of sp³-hybridized carbons (Fsp3) is 0.133. The molecule has 1 N–H and O–H groups in total. The van der Waals surface area contributed by atoms with Gasteiger partial charge in [0.1, 0.15) is 5.76 Å². The molecule has 1 amide bonds. The minimum absolute atomic E-state index is 0.0476. The number of hydrogen-bond acceptors (Lipinski definition) is 4. The van der Waals surface area contributed by atoms with Crippen LogP contribution in [0.4, 0.5) is 5.69 Å². The molecule has 7 heteroatoms. The van der Waals surface area contributed by atoms with Gasteiger partial charge >= 0.3 is 0 Å². The van der Waals surface area contributed by atoms with Crippen molar-refractivity contribution in [3.05, 3.63) is 46.3 Å². The van der Waals surface area contributed by atoms with Crippen molar-refractivity contribution in [2.24, 2.45) is 17.3 Å². The lowest BCUT2D eigenvalue weighted by Crippen LogP contribution is -1.93. The predicted octanol–water partition coefficient (Wildman–Crippen LogP) is 4.47. The van der Waals surface area contributed by atoms with E-state index < -0.39 is 5.91 Å². The van der Waals surface area contributed by atoms with Crippen LogP contribution < -0.4 is 0 Å². The molecule has 0 saturated carbocycles. The largest absolute Gasteiger partial charge is 0.493 e. The van der Waals surface area contributed by atoms with E-state index in [4.69, 9.17) is 4.42 Å². The summed E-state index contributed by atoms with van der Waals surface area (Å²) >= 11 is 3.38. The second-order valence-corrected chi connectivity index (χ2v) is 5.70. The highest BCUT2D eigenvalue weighted by molar-refractivity contribution is 9.10. The van der Waals surface area contributed by atoms with Crippen molar-refractivity contribution in [2.75, 3.05) is 0 Å². The quantitative estimate of drug-likeness (QED) is 0.683. The van der Waals surface area contributed by atoms with E-state index in [1.807, 2.05) is 18.2 Å². The first-order chi connectivity index (χ1) is 10.5. The second-order valence-electron chi connectivity index (χ2n) is 4.79. The molecular formula is C15H12BrN3O3. The van der Waals surface area contributed by atoms with Gasteiger partial charge in [0.15, 0.2) is 5.69 Å². The maximum absolute atomic E-state index is 12.0. The highest BCUT2D eigenvalue weighted by Crippen LogP contribution is 2.39. The molecule has 0 atom stereocenters. The zero-order valence-corrected chi connectivity index (χ0v) is 13.5. The second kappa shape index (κ2) is 5.42. The van der Waals surface area contributed by atoms with E-state index in [1.54, 1.807) is 18.5 Å². The first-order valence-electron chi connectivity index (χ1n) is 6.46. The molecule has 22 heavy (non-hydrogen) atoms. The van der Waals surface area contributed by atoms with Gasteiger partial charge in [0.25, 0.3) is 5.91 Å². The van der Waals surface area contributed by atoms with E-state index in [-0.39, 0.29) is 11.6 Å². The van der Waals surface area contributed by atoms with Gasteiger partial charge in [-0.3, -0.25) is 4.79 Å². The standard InChI is InChI=1S/C15H12BrN3O3/c1-8-10(5-6-22-8)14(20)18-17-13-11-7-9(16)3-4-12(11)19(2)15(13)21/h3-7,21H,1-2H3. The number of carbonyl (C=O) groups is 1. The van der Waals surface area contributed by atoms with Crippen LogP contribution in [0, 0.1) is 6.92 Å². The van der Waals surface area contributed by atoms with Gasteiger partial charge in [0.05, 0.1) is 17.3 Å². The molecule has 0 aliphatic rings. The molecular weight excluding hydrogens is 350 g/mol. The molecule has 6 nitrogen and oxygen atoms in total. The van der Waals surface area contributed by atoms with Gasteiger partial charge in [-0.05, 0) is 31.2 Å². The fourth-order valence-electron chi connectivity index (χ4n) is 2.24. The number of aromatic nitrogens is 1. The molecule has 0 aliphatic heterocycles. The Hall–Kier alpha value is -2.41. The first-order valence-corrected chi connectivity index (χ1v) is 7.25. The van der Waals surface area contributed by atoms with Crippen molar-refractivity contribution in [3.63, 3.8) is 0 Å². The average Bonchev–Trinajstić information content (AvgIpc) is 3.01. The predicted molar refractivity (Wildman–Crippen MR) is 84.6 cm³/mol. The normalized spacial score (nSPS) is 11.6. The molecule has 0 unspecified atom stereocenters. The Bertz CT molecular complexity index is 908. The molecule has 0 radical (unpaired) electrons. The number of hydrogen-bond donors (Lipinski definition) is 1. The summed E-state index contributed by atoms with van der Waals surface area (Å²) in [6.07, 6.45) is 1.42. The number of amides is 1. The number of furan rings is 1. The lowest BCUT2D eigenvalue weighted by atomic mass is 10.2. The average molecular weight is 362 g/mol. The molecule has 0 fully saturated rings. The van der Waals surface area contributed by atoms with Gasteiger partial charge in [0.2, 0.25) is 5.88 Å². The van der Waals surface area contributed by atoms with Crippen LogP contribution in [-0.4, -0.2) is 15.6 Å². The third-order valence-corrected chi connectivity index (χ3v) is 3.93. The van der Waals surface area contributed by atoms with Gasteiger partial charge in [-0.2, -0.15) is 0 Å². The fourth-order valence-corrected chi connectivity index (χ4v) is 2.60. The van der Waals surface area contributed by atoms with Crippen LogP contribution in [0.15, 0.2) is 49.6 Å². The summed E-state index contributed by atoms with van der Waals surface area (Å²) in [6.45, 7) is 1.68. The Morgan fingerprint density at radius 3 is 2.82 bits per heavy atom. The van der Waals surface area contributed by atoms with Crippen LogP contribution in [0.5, 0.6) is 5.88 Å². The van der Waals surface area contributed by atoms with Crippen LogP contribution in [0.25, 0.3) is 10.9 Å². The lowest BCUT2D eigenvalue weighted by molar-refractivity contribution is 0.0993. The summed E-state index contributed by atoms with van der Waals surface area (Å²) in [7, 11) is 1.71. The molecule has 3 rings (SSSR count). The molecule has 112 valence electrons. The Morgan fingerprint density at radius 1 is 1.36 bits per heavy atom. The van der Waals surface area contributed by atoms with Crippen molar-refractivity contribution in [3.8, 4) is 5.88 Å². The van der Waals surface area contributed by atoms with Crippen molar-refractivity contribution in [1.29, 1.82) is 0 Å². The molecule has 3 aromatic rings. The highest BCUT2D eigenvalue weighted by atomic mass is 79.9. The van der Waals surface area contributed by atoms with E-state index in [9.17, 15) is 9.90 Å². The maximum Gasteiger partial charge on any atom is 0.298 e. The molecule has 0 saturated heterocycles. The van der Waals surface area contributed by atoms with Crippen LogP contribution in [0.3, 0.4) is 0 Å². The van der Waals surface area contributed by atoms with Gasteiger partial charge in [0, 0.05) is 16.9 Å².